The summed E-state index contributed by atoms with van der Waals surface area (Å²) in [6.45, 7) is 4.12. The molecule has 0 aliphatic heterocycles. The van der Waals surface area contributed by atoms with E-state index in [-0.39, 0.29) is 13.2 Å². The van der Waals surface area contributed by atoms with E-state index >= 15 is 0 Å². The number of ether oxygens (including phenoxy) is 2. The number of aliphatic hydroxyl groups excluding tert-OH is 1. The van der Waals surface area contributed by atoms with E-state index in [9.17, 15) is 28.0 Å². The Morgan fingerprint density at radius 1 is 0.958 bits per heavy atom. The van der Waals surface area contributed by atoms with Gasteiger partial charge in [0.15, 0.2) is 12.0 Å². The maximum absolute atomic E-state index is 14.5. The highest BCUT2D eigenvalue weighted by molar-refractivity contribution is 7.55. The summed E-state index contributed by atoms with van der Waals surface area (Å²) in [5, 5.41) is 9.94. The Morgan fingerprint density at radius 2 is 1.33 bits per heavy atom. The number of aliphatic hydroxyl groups is 1. The Hall–Kier alpha value is -1.09. The molecule has 0 amide bonds. The fourth-order valence-electron chi connectivity index (χ4n) is 1.73. The summed E-state index contributed by atoms with van der Waals surface area (Å²) in [7, 11) is -5.15. The predicted octanol–water partition coefficient (Wildman–Crippen LogP) is 1.95. The molecular weight excluding hydrogens is 353 g/mol. The monoisotopic (exact) mass is 376 g/mol. The van der Waals surface area contributed by atoms with Gasteiger partial charge in [0.2, 0.25) is 0 Å². The number of rotatable bonds is 11. The van der Waals surface area contributed by atoms with E-state index in [0.29, 0.717) is 0 Å². The molecule has 0 fully saturated rings. The van der Waals surface area contributed by atoms with Gasteiger partial charge in [0.1, 0.15) is 0 Å². The average molecular weight is 376 g/mol. The largest absolute Gasteiger partial charge is 0.465 e. The molecule has 0 aromatic rings. The maximum atomic E-state index is 14.5. The molecule has 1 atom stereocenters. The number of carbonyl (C=O) groups excluding carboxylic acids is 2. The highest BCUT2D eigenvalue weighted by Crippen LogP contribution is 2.64. The molecule has 0 saturated carbocycles. The second-order valence-corrected chi connectivity index (χ2v) is 6.45. The molecule has 0 spiro atoms. The maximum Gasteiger partial charge on any atom is 0.402 e. The fourth-order valence-corrected chi connectivity index (χ4v) is 3.30. The van der Waals surface area contributed by atoms with Crippen LogP contribution in [0.25, 0.3) is 0 Å². The molecule has 0 heterocycles. The van der Waals surface area contributed by atoms with Crippen LogP contribution in [0.4, 0.5) is 8.78 Å². The van der Waals surface area contributed by atoms with Crippen LogP contribution in [0.5, 0.6) is 0 Å². The molecule has 24 heavy (non-hydrogen) atoms. The number of hydrogen-bond donors (Lipinski definition) is 1. The zero-order valence-electron chi connectivity index (χ0n) is 14.0. The van der Waals surface area contributed by atoms with Crippen molar-refractivity contribution in [3.05, 3.63) is 0 Å². The molecule has 8 nitrogen and oxygen atoms in total. The van der Waals surface area contributed by atoms with Gasteiger partial charge in [0, 0.05) is 0 Å². The van der Waals surface area contributed by atoms with Gasteiger partial charge < -0.3 is 23.6 Å². The van der Waals surface area contributed by atoms with Gasteiger partial charge in [-0.2, -0.15) is 8.78 Å². The molecule has 0 aliphatic rings. The Morgan fingerprint density at radius 3 is 1.62 bits per heavy atom. The minimum atomic E-state index is -5.15. The SMILES string of the molecule is CCOC(=O)C(C(=O)OCC)C(O)C(F)(F)P(=O)(OCC)OCC. The van der Waals surface area contributed by atoms with Crippen LogP contribution in [0, 0.1) is 5.92 Å². The molecule has 0 aliphatic carbocycles. The van der Waals surface area contributed by atoms with Crippen molar-refractivity contribution in [3.8, 4) is 0 Å². The van der Waals surface area contributed by atoms with Gasteiger partial charge in [0.05, 0.1) is 26.4 Å². The minimum Gasteiger partial charge on any atom is -0.465 e. The first-order valence-corrected chi connectivity index (χ1v) is 8.95. The first kappa shape index (κ1) is 22.9. The molecule has 0 saturated heterocycles. The van der Waals surface area contributed by atoms with Gasteiger partial charge in [-0.15, -0.1) is 0 Å². The first-order valence-electron chi connectivity index (χ1n) is 7.41. The number of halogens is 2. The molecule has 11 heteroatoms. The van der Waals surface area contributed by atoms with Gasteiger partial charge in [0.25, 0.3) is 0 Å². The van der Waals surface area contributed by atoms with E-state index in [0.717, 1.165) is 0 Å². The Bertz CT molecular complexity index is 443. The summed E-state index contributed by atoms with van der Waals surface area (Å²) in [4.78, 5) is 23.6. The number of esters is 2. The molecule has 0 aromatic carbocycles. The van der Waals surface area contributed by atoms with Crippen molar-refractivity contribution in [1.29, 1.82) is 0 Å². The number of carbonyl (C=O) groups is 2. The third-order valence-electron chi connectivity index (χ3n) is 2.72. The third-order valence-corrected chi connectivity index (χ3v) is 4.91. The van der Waals surface area contributed by atoms with E-state index in [1.807, 2.05) is 0 Å². The summed E-state index contributed by atoms with van der Waals surface area (Å²) in [5.74, 6) is -5.25. The normalized spacial score (nSPS) is 13.7. The lowest BCUT2D eigenvalue weighted by Gasteiger charge is -2.31. The van der Waals surface area contributed by atoms with Gasteiger partial charge in [-0.3, -0.25) is 14.2 Å². The van der Waals surface area contributed by atoms with E-state index in [2.05, 4.69) is 18.5 Å². The minimum absolute atomic E-state index is 0.221. The van der Waals surface area contributed by atoms with Crippen molar-refractivity contribution < 1.29 is 46.6 Å². The van der Waals surface area contributed by atoms with E-state index in [1.165, 1.54) is 27.7 Å². The molecule has 142 valence electrons. The fraction of sp³-hybridized carbons (Fsp3) is 0.846. The summed E-state index contributed by atoms with van der Waals surface area (Å²) in [6, 6.07) is 0. The molecule has 0 rings (SSSR count). The van der Waals surface area contributed by atoms with Crippen molar-refractivity contribution in [2.45, 2.75) is 39.5 Å². The van der Waals surface area contributed by atoms with Gasteiger partial charge in [-0.25, -0.2) is 0 Å². The summed E-state index contributed by atoms with van der Waals surface area (Å²) in [5.41, 5.74) is -4.54. The summed E-state index contributed by atoms with van der Waals surface area (Å²) < 4.78 is 59.3. The highest BCUT2D eigenvalue weighted by atomic mass is 31.2. The Kier molecular flexibility index (Phi) is 9.57. The van der Waals surface area contributed by atoms with Crippen molar-refractivity contribution in [3.63, 3.8) is 0 Å². The van der Waals surface area contributed by atoms with Crippen molar-refractivity contribution in [2.75, 3.05) is 26.4 Å². The molecule has 0 aromatic heterocycles. The van der Waals surface area contributed by atoms with Crippen LogP contribution in [0.2, 0.25) is 0 Å². The van der Waals surface area contributed by atoms with Crippen molar-refractivity contribution in [2.24, 2.45) is 5.92 Å². The van der Waals surface area contributed by atoms with Crippen molar-refractivity contribution >= 4 is 19.5 Å². The van der Waals surface area contributed by atoms with Crippen LogP contribution in [0.1, 0.15) is 27.7 Å². The average Bonchev–Trinajstić information content (AvgIpc) is 2.48. The first-order chi connectivity index (χ1) is 11.1. The predicted molar refractivity (Wildman–Crippen MR) is 78.6 cm³/mol. The van der Waals surface area contributed by atoms with Gasteiger partial charge in [-0.1, -0.05) is 0 Å². The van der Waals surface area contributed by atoms with Crippen LogP contribution < -0.4 is 0 Å². The molecule has 1 unspecified atom stereocenters. The lowest BCUT2D eigenvalue weighted by molar-refractivity contribution is -0.176. The second kappa shape index (κ2) is 10.0. The quantitative estimate of drug-likeness (QED) is 0.331. The zero-order chi connectivity index (χ0) is 19.0. The van der Waals surface area contributed by atoms with Crippen LogP contribution in [0.15, 0.2) is 0 Å². The lowest BCUT2D eigenvalue weighted by Crippen LogP contribution is -2.48. The van der Waals surface area contributed by atoms with Gasteiger partial charge >= 0.3 is 25.2 Å². The molecule has 0 bridgehead atoms. The van der Waals surface area contributed by atoms with E-state index in [1.54, 1.807) is 0 Å². The molecule has 1 N–H and O–H groups in total. The Labute approximate surface area is 138 Å². The zero-order valence-corrected chi connectivity index (χ0v) is 14.9. The van der Waals surface area contributed by atoms with E-state index in [4.69, 9.17) is 0 Å². The second-order valence-electron chi connectivity index (χ2n) is 4.35. The van der Waals surface area contributed by atoms with E-state index < -0.39 is 50.4 Å². The van der Waals surface area contributed by atoms with Crippen LogP contribution in [-0.2, 0) is 32.7 Å². The topological polar surface area (TPSA) is 108 Å². The molecular formula is C13H23F2O8P. The highest BCUT2D eigenvalue weighted by Gasteiger charge is 2.63. The number of alkyl halides is 2. The smallest absolute Gasteiger partial charge is 0.402 e. The number of hydrogen-bond acceptors (Lipinski definition) is 8. The van der Waals surface area contributed by atoms with Gasteiger partial charge in [-0.05, 0) is 27.7 Å². The van der Waals surface area contributed by atoms with Crippen LogP contribution in [0.3, 0.4) is 0 Å². The van der Waals surface area contributed by atoms with Crippen LogP contribution in [-0.4, -0.2) is 55.2 Å². The summed E-state index contributed by atoms with van der Waals surface area (Å²) >= 11 is 0. The van der Waals surface area contributed by atoms with Crippen molar-refractivity contribution in [1.82, 2.24) is 0 Å². The molecule has 0 radical (unpaired) electrons. The van der Waals surface area contributed by atoms with Crippen LogP contribution >= 0.6 is 7.60 Å². The lowest BCUT2D eigenvalue weighted by atomic mass is 10.0. The standard InChI is InChI=1S/C13H23F2O8P/c1-5-20-11(17)9(12(18)21-6-2)10(16)13(14,15)24(19,22-7-3)23-8-4/h9-10,16H,5-8H2,1-4H3. The Balaban J connectivity index is 5.79. The third kappa shape index (κ3) is 5.20. The summed E-state index contributed by atoms with van der Waals surface area (Å²) in [6.07, 6.45) is -3.01.